The largest absolute Gasteiger partial charge is 0.505 e. The number of benzene rings is 3. The zero-order valence-electron chi connectivity index (χ0n) is 19.9. The average Bonchev–Trinajstić information content (AvgIpc) is 2.89. The van der Waals surface area contributed by atoms with E-state index in [0.717, 1.165) is 27.8 Å². The van der Waals surface area contributed by atoms with Gasteiger partial charge >= 0.3 is 5.63 Å². The van der Waals surface area contributed by atoms with E-state index < -0.39 is 16.9 Å². The van der Waals surface area contributed by atoms with Crippen LogP contribution in [0.25, 0.3) is 21.9 Å². The summed E-state index contributed by atoms with van der Waals surface area (Å²) in [5.74, 6) is 0.761. The third kappa shape index (κ3) is 4.09. The van der Waals surface area contributed by atoms with Crippen LogP contribution in [0.15, 0.2) is 90.5 Å². The number of aromatic nitrogens is 1. The molecule has 0 saturated heterocycles. The fourth-order valence-electron chi connectivity index (χ4n) is 4.17. The summed E-state index contributed by atoms with van der Waals surface area (Å²) >= 11 is 1.06. The highest BCUT2D eigenvalue weighted by atomic mass is 32.2. The number of hydrogen-bond acceptors (Lipinski definition) is 7. The van der Waals surface area contributed by atoms with Gasteiger partial charge in [-0.15, -0.1) is 0 Å². The lowest BCUT2D eigenvalue weighted by Gasteiger charge is -2.16. The van der Waals surface area contributed by atoms with Crippen LogP contribution >= 0.6 is 11.8 Å². The van der Waals surface area contributed by atoms with Crippen molar-refractivity contribution in [2.24, 2.45) is 0 Å². The van der Waals surface area contributed by atoms with E-state index in [1.165, 1.54) is 11.7 Å². The van der Waals surface area contributed by atoms with Crippen molar-refractivity contribution >= 4 is 33.6 Å². The molecule has 182 valence electrons. The molecule has 36 heavy (non-hydrogen) atoms. The lowest BCUT2D eigenvalue weighted by Crippen LogP contribution is -2.23. The third-order valence-electron chi connectivity index (χ3n) is 6.02. The van der Waals surface area contributed by atoms with Gasteiger partial charge in [-0.1, -0.05) is 47.7 Å². The summed E-state index contributed by atoms with van der Waals surface area (Å²) < 4.78 is 18.1. The van der Waals surface area contributed by atoms with Crippen LogP contribution in [0, 0.1) is 6.92 Å². The van der Waals surface area contributed by atoms with E-state index in [-0.39, 0.29) is 22.4 Å². The van der Waals surface area contributed by atoms with Crippen LogP contribution in [0.3, 0.4) is 0 Å². The smallest absolute Gasteiger partial charge is 0.354 e. The second-order valence-corrected chi connectivity index (χ2v) is 9.36. The van der Waals surface area contributed by atoms with E-state index in [2.05, 4.69) is 0 Å². The molecular weight excluding hydrogens is 478 g/mol. The second kappa shape index (κ2) is 9.47. The van der Waals surface area contributed by atoms with Gasteiger partial charge in [0.05, 0.1) is 26.3 Å². The van der Waals surface area contributed by atoms with E-state index in [9.17, 15) is 14.7 Å². The summed E-state index contributed by atoms with van der Waals surface area (Å²) in [6.45, 7) is 2.13. The molecule has 0 amide bonds. The number of aryl methyl sites for hydroxylation is 1. The number of pyridine rings is 1. The molecule has 2 aromatic heterocycles. The first kappa shape index (κ1) is 23.6. The Hall–Kier alpha value is -4.17. The normalized spacial score (nSPS) is 11.2. The van der Waals surface area contributed by atoms with Crippen LogP contribution in [-0.2, 0) is 6.54 Å². The van der Waals surface area contributed by atoms with Gasteiger partial charge in [-0.05, 0) is 37.3 Å². The first-order chi connectivity index (χ1) is 17.4. The topological polar surface area (TPSA) is 90.9 Å². The van der Waals surface area contributed by atoms with E-state index >= 15 is 0 Å². The molecule has 0 spiro atoms. The molecule has 0 radical (unpaired) electrons. The fraction of sp³-hybridized carbons (Fsp3) is 0.143. The first-order valence-corrected chi connectivity index (χ1v) is 12.0. The molecule has 3 aromatic carbocycles. The van der Waals surface area contributed by atoms with Crippen molar-refractivity contribution in [3.8, 4) is 17.2 Å². The molecule has 0 aliphatic rings. The molecule has 7 nitrogen and oxygen atoms in total. The minimum atomic E-state index is -0.718. The highest BCUT2D eigenvalue weighted by Crippen LogP contribution is 2.38. The molecule has 0 bridgehead atoms. The predicted octanol–water partition coefficient (Wildman–Crippen LogP) is 5.34. The number of aromatic hydroxyl groups is 1. The third-order valence-corrected chi connectivity index (χ3v) is 7.09. The van der Waals surface area contributed by atoms with Gasteiger partial charge in [-0.25, -0.2) is 4.79 Å². The predicted molar refractivity (Wildman–Crippen MR) is 140 cm³/mol. The molecule has 5 rings (SSSR count). The van der Waals surface area contributed by atoms with Crippen molar-refractivity contribution in [1.29, 1.82) is 0 Å². The molecule has 0 aliphatic carbocycles. The van der Waals surface area contributed by atoms with Gasteiger partial charge in [0, 0.05) is 21.9 Å². The van der Waals surface area contributed by atoms with E-state index in [1.807, 2.05) is 55.5 Å². The van der Waals surface area contributed by atoms with Crippen LogP contribution in [0.2, 0.25) is 0 Å². The van der Waals surface area contributed by atoms with Crippen molar-refractivity contribution in [3.05, 3.63) is 98.6 Å². The van der Waals surface area contributed by atoms with Crippen LogP contribution in [-0.4, -0.2) is 23.9 Å². The van der Waals surface area contributed by atoms with Crippen LogP contribution in [0.1, 0.15) is 11.1 Å². The second-order valence-electron chi connectivity index (χ2n) is 8.27. The Morgan fingerprint density at radius 2 is 1.72 bits per heavy atom. The number of nitrogens with zero attached hydrogens (tertiary/aromatic N) is 1. The zero-order valence-corrected chi connectivity index (χ0v) is 20.7. The maximum atomic E-state index is 13.9. The van der Waals surface area contributed by atoms with Crippen molar-refractivity contribution < 1.29 is 19.0 Å². The molecule has 8 heteroatoms. The molecule has 1 N–H and O–H groups in total. The molecule has 0 fully saturated rings. The maximum absolute atomic E-state index is 13.9. The van der Waals surface area contributed by atoms with Crippen LogP contribution in [0.5, 0.6) is 17.2 Å². The summed E-state index contributed by atoms with van der Waals surface area (Å²) in [4.78, 5) is 27.5. The van der Waals surface area contributed by atoms with E-state index in [4.69, 9.17) is 13.9 Å². The minimum absolute atomic E-state index is 0.0321. The van der Waals surface area contributed by atoms with Crippen LogP contribution < -0.4 is 20.7 Å². The zero-order chi connectivity index (χ0) is 25.4. The molecule has 0 saturated carbocycles. The SMILES string of the molecule is COc1ccc2c3oc(=O)c(Sc4ccc(C)cc4)c(O)c3c(=O)n(Cc3ccccc3OC)c2c1. The van der Waals surface area contributed by atoms with Gasteiger partial charge in [0.15, 0.2) is 11.3 Å². The van der Waals surface area contributed by atoms with Gasteiger partial charge in [0.1, 0.15) is 21.8 Å². The summed E-state index contributed by atoms with van der Waals surface area (Å²) in [5, 5.41) is 11.7. The summed E-state index contributed by atoms with van der Waals surface area (Å²) in [7, 11) is 3.10. The summed E-state index contributed by atoms with van der Waals surface area (Å²) in [5.41, 5.74) is 1.16. The van der Waals surface area contributed by atoms with Gasteiger partial charge in [0.2, 0.25) is 0 Å². The lowest BCUT2D eigenvalue weighted by atomic mass is 10.1. The molecule has 2 heterocycles. The number of methoxy groups -OCH3 is 2. The van der Waals surface area contributed by atoms with Crippen molar-refractivity contribution in [2.45, 2.75) is 23.3 Å². The Morgan fingerprint density at radius 3 is 2.44 bits per heavy atom. The quantitative estimate of drug-likeness (QED) is 0.314. The summed E-state index contributed by atoms with van der Waals surface area (Å²) in [6.07, 6.45) is 0. The lowest BCUT2D eigenvalue weighted by molar-refractivity contribution is 0.408. The van der Waals surface area contributed by atoms with Crippen molar-refractivity contribution in [1.82, 2.24) is 4.57 Å². The number of ether oxygens (including phenoxy) is 2. The van der Waals surface area contributed by atoms with Crippen molar-refractivity contribution in [2.75, 3.05) is 14.2 Å². The molecule has 0 aliphatic heterocycles. The number of rotatable bonds is 6. The molecular formula is C28H23NO6S. The van der Waals surface area contributed by atoms with Crippen LogP contribution in [0.4, 0.5) is 0 Å². The van der Waals surface area contributed by atoms with Gasteiger partial charge in [0.25, 0.3) is 5.56 Å². The van der Waals surface area contributed by atoms with E-state index in [0.29, 0.717) is 22.4 Å². The maximum Gasteiger partial charge on any atom is 0.354 e. The fourth-order valence-corrected chi connectivity index (χ4v) is 5.00. The highest BCUT2D eigenvalue weighted by molar-refractivity contribution is 7.99. The van der Waals surface area contributed by atoms with Gasteiger partial charge in [-0.3, -0.25) is 4.79 Å². The molecule has 5 aromatic rings. The first-order valence-electron chi connectivity index (χ1n) is 11.2. The Labute approximate surface area is 210 Å². The Bertz CT molecular complexity index is 1720. The standard InChI is InChI=1S/C28H23NO6S/c1-16-8-11-19(12-9-16)36-26-24(30)23-25(35-28(26)32)20-13-10-18(33-2)14-21(20)29(27(23)31)15-17-6-4-5-7-22(17)34-3/h4-14,30H,15H2,1-3H3. The Balaban J connectivity index is 1.80. The summed E-state index contributed by atoms with van der Waals surface area (Å²) in [6, 6.07) is 20.0. The van der Waals surface area contributed by atoms with E-state index in [1.54, 1.807) is 25.3 Å². The number of para-hydroxylation sites is 1. The Kier molecular flexibility index (Phi) is 6.20. The molecule has 0 unspecified atom stereocenters. The van der Waals surface area contributed by atoms with Gasteiger partial charge < -0.3 is 23.6 Å². The minimum Gasteiger partial charge on any atom is -0.505 e. The monoisotopic (exact) mass is 501 g/mol. The molecule has 0 atom stereocenters. The van der Waals surface area contributed by atoms with Gasteiger partial charge in [-0.2, -0.15) is 0 Å². The highest BCUT2D eigenvalue weighted by Gasteiger charge is 2.23. The van der Waals surface area contributed by atoms with Crippen molar-refractivity contribution in [3.63, 3.8) is 0 Å². The number of hydrogen-bond donors (Lipinski definition) is 1. The number of fused-ring (bicyclic) bond motifs is 3. The Morgan fingerprint density at radius 1 is 0.972 bits per heavy atom. The average molecular weight is 502 g/mol.